The summed E-state index contributed by atoms with van der Waals surface area (Å²) in [7, 11) is 0. The van der Waals surface area contributed by atoms with E-state index >= 15 is 0 Å². The number of amides is 2. The predicted molar refractivity (Wildman–Crippen MR) is 140 cm³/mol. The monoisotopic (exact) mass is 489 g/mol. The highest BCUT2D eigenvalue weighted by molar-refractivity contribution is 5.89. The van der Waals surface area contributed by atoms with Gasteiger partial charge in [-0.3, -0.25) is 4.90 Å². The van der Waals surface area contributed by atoms with Gasteiger partial charge >= 0.3 is 6.03 Å². The number of anilines is 1. The molecule has 2 fully saturated rings. The molecule has 5 rings (SSSR count). The number of benzene rings is 2. The molecule has 0 unspecified atom stereocenters. The molecule has 0 spiro atoms. The molecule has 3 aromatic rings. The highest BCUT2D eigenvalue weighted by Crippen LogP contribution is 2.32. The van der Waals surface area contributed by atoms with Crippen LogP contribution in [0.5, 0.6) is 5.75 Å². The smallest absolute Gasteiger partial charge is 0.321 e. The average Bonchev–Trinajstić information content (AvgIpc) is 2.90. The number of hydrogen-bond donors (Lipinski definition) is 1. The van der Waals surface area contributed by atoms with Crippen LogP contribution in [-0.2, 0) is 11.3 Å². The van der Waals surface area contributed by atoms with E-state index in [1.165, 1.54) is 5.56 Å². The van der Waals surface area contributed by atoms with Crippen molar-refractivity contribution in [2.75, 3.05) is 44.7 Å². The molecule has 2 aromatic carbocycles. The predicted octanol–water partition coefficient (Wildman–Crippen LogP) is 4.66. The summed E-state index contributed by atoms with van der Waals surface area (Å²) in [6.07, 6.45) is 3.56. The zero-order valence-corrected chi connectivity index (χ0v) is 21.2. The molecule has 190 valence electrons. The maximum absolute atomic E-state index is 12.9. The topological polar surface area (TPSA) is 79.8 Å². The summed E-state index contributed by atoms with van der Waals surface area (Å²) >= 11 is 0. The number of morpholine rings is 1. The van der Waals surface area contributed by atoms with Crippen molar-refractivity contribution < 1.29 is 14.3 Å². The Kier molecular flexibility index (Phi) is 7.63. The van der Waals surface area contributed by atoms with Crippen molar-refractivity contribution in [3.8, 4) is 5.75 Å². The van der Waals surface area contributed by atoms with E-state index in [1.54, 1.807) is 6.33 Å². The van der Waals surface area contributed by atoms with Crippen molar-refractivity contribution in [2.24, 2.45) is 0 Å². The minimum absolute atomic E-state index is 0.0636. The molecule has 0 atom stereocenters. The third-order valence-electron chi connectivity index (χ3n) is 6.89. The van der Waals surface area contributed by atoms with Gasteiger partial charge in [-0.15, -0.1) is 0 Å². The second-order valence-corrected chi connectivity index (χ2v) is 9.88. The number of fused-ring (bicyclic) bond motifs is 1. The molecular formula is C28H35N5O3. The number of nitrogens with zero attached hydrogens (tertiary/aromatic N) is 4. The van der Waals surface area contributed by atoms with Crippen LogP contribution in [0.4, 0.5) is 10.5 Å². The number of urea groups is 1. The van der Waals surface area contributed by atoms with E-state index in [4.69, 9.17) is 14.5 Å². The normalized spacial score (nSPS) is 17.5. The number of rotatable bonds is 6. The summed E-state index contributed by atoms with van der Waals surface area (Å²) in [6.45, 7) is 9.82. The van der Waals surface area contributed by atoms with E-state index in [0.717, 1.165) is 73.7 Å². The lowest BCUT2D eigenvalue weighted by molar-refractivity contribution is 0.0342. The second kappa shape index (κ2) is 11.2. The highest BCUT2D eigenvalue weighted by atomic mass is 16.5. The first-order valence-corrected chi connectivity index (χ1v) is 12.9. The maximum Gasteiger partial charge on any atom is 0.321 e. The minimum Gasteiger partial charge on any atom is -0.491 e. The first kappa shape index (κ1) is 24.5. The molecule has 2 amide bonds. The third-order valence-corrected chi connectivity index (χ3v) is 6.89. The van der Waals surface area contributed by atoms with E-state index in [9.17, 15) is 4.79 Å². The SMILES string of the molecule is CC(C)Oc1ccc(NC(=O)N2CCC(c3ncnc4ccc(CN5CCOCC5)cc34)CC2)cc1. The van der Waals surface area contributed by atoms with Crippen LogP contribution in [0.25, 0.3) is 10.9 Å². The van der Waals surface area contributed by atoms with Gasteiger partial charge in [0.15, 0.2) is 0 Å². The summed E-state index contributed by atoms with van der Waals surface area (Å²) in [5.74, 6) is 1.11. The fourth-order valence-corrected chi connectivity index (χ4v) is 5.01. The van der Waals surface area contributed by atoms with Crippen LogP contribution >= 0.6 is 0 Å². The lowest BCUT2D eigenvalue weighted by Crippen LogP contribution is -2.40. The molecule has 0 bridgehead atoms. The van der Waals surface area contributed by atoms with Crippen LogP contribution < -0.4 is 10.1 Å². The van der Waals surface area contributed by atoms with Crippen molar-refractivity contribution in [1.29, 1.82) is 0 Å². The molecule has 2 aliphatic heterocycles. The van der Waals surface area contributed by atoms with Gasteiger partial charge in [-0.25, -0.2) is 14.8 Å². The molecule has 1 N–H and O–H groups in total. The molecule has 36 heavy (non-hydrogen) atoms. The Hall–Kier alpha value is -3.23. The molecule has 0 radical (unpaired) electrons. The van der Waals surface area contributed by atoms with E-state index in [2.05, 4.69) is 33.4 Å². The Morgan fingerprint density at radius 3 is 2.53 bits per heavy atom. The Labute approximate surface area is 212 Å². The molecule has 2 saturated heterocycles. The van der Waals surface area contributed by atoms with Crippen LogP contribution in [0.3, 0.4) is 0 Å². The van der Waals surface area contributed by atoms with Crippen molar-refractivity contribution in [3.63, 3.8) is 0 Å². The van der Waals surface area contributed by atoms with Crippen LogP contribution in [0, 0.1) is 0 Å². The summed E-state index contributed by atoms with van der Waals surface area (Å²) in [5, 5.41) is 4.15. The summed E-state index contributed by atoms with van der Waals surface area (Å²) in [5.41, 5.74) is 4.13. The zero-order valence-electron chi connectivity index (χ0n) is 21.2. The van der Waals surface area contributed by atoms with Gasteiger partial charge in [0.2, 0.25) is 0 Å². The fraction of sp³-hybridized carbons (Fsp3) is 0.464. The van der Waals surface area contributed by atoms with E-state index < -0.39 is 0 Å². The van der Waals surface area contributed by atoms with Crippen LogP contribution in [0.1, 0.15) is 43.9 Å². The van der Waals surface area contributed by atoms with Crippen molar-refractivity contribution in [2.45, 2.75) is 45.3 Å². The lowest BCUT2D eigenvalue weighted by atomic mass is 9.90. The van der Waals surface area contributed by atoms with Crippen LogP contribution in [0.15, 0.2) is 48.8 Å². The Morgan fingerprint density at radius 2 is 1.81 bits per heavy atom. The molecule has 8 heteroatoms. The van der Waals surface area contributed by atoms with E-state index in [-0.39, 0.29) is 12.1 Å². The number of ether oxygens (including phenoxy) is 2. The van der Waals surface area contributed by atoms with Crippen molar-refractivity contribution >= 4 is 22.6 Å². The number of likely N-dealkylation sites (tertiary alicyclic amines) is 1. The summed E-state index contributed by atoms with van der Waals surface area (Å²) in [4.78, 5) is 26.4. The fourth-order valence-electron chi connectivity index (χ4n) is 5.01. The minimum atomic E-state index is -0.0636. The van der Waals surface area contributed by atoms with Gasteiger partial charge in [0.25, 0.3) is 0 Å². The average molecular weight is 490 g/mol. The van der Waals surface area contributed by atoms with Gasteiger partial charge in [0.1, 0.15) is 12.1 Å². The summed E-state index contributed by atoms with van der Waals surface area (Å²) in [6, 6.07) is 14.0. The molecule has 0 saturated carbocycles. The largest absolute Gasteiger partial charge is 0.491 e. The van der Waals surface area contributed by atoms with Crippen LogP contribution in [-0.4, -0.2) is 71.3 Å². The summed E-state index contributed by atoms with van der Waals surface area (Å²) < 4.78 is 11.2. The Balaban J connectivity index is 1.21. The van der Waals surface area contributed by atoms with Crippen LogP contribution in [0.2, 0.25) is 0 Å². The van der Waals surface area contributed by atoms with Gasteiger partial charge in [0.05, 0.1) is 30.5 Å². The zero-order chi connectivity index (χ0) is 24.9. The van der Waals surface area contributed by atoms with Gasteiger partial charge in [-0.2, -0.15) is 0 Å². The number of aromatic nitrogens is 2. The van der Waals surface area contributed by atoms with Crippen molar-refractivity contribution in [3.05, 3.63) is 60.0 Å². The lowest BCUT2D eigenvalue weighted by Gasteiger charge is -2.32. The first-order chi connectivity index (χ1) is 17.5. The third kappa shape index (κ3) is 5.94. The maximum atomic E-state index is 12.9. The molecular weight excluding hydrogens is 454 g/mol. The molecule has 8 nitrogen and oxygen atoms in total. The second-order valence-electron chi connectivity index (χ2n) is 9.88. The Bertz CT molecular complexity index is 1170. The first-order valence-electron chi connectivity index (χ1n) is 12.9. The number of piperidine rings is 1. The van der Waals surface area contributed by atoms with Gasteiger partial charge in [0, 0.05) is 49.7 Å². The molecule has 1 aromatic heterocycles. The standard InChI is InChI=1S/C28H35N5O3/c1-20(2)36-24-6-4-23(5-7-24)31-28(34)33-11-9-22(10-12-33)27-25-17-21(3-8-26(25)29-19-30-27)18-32-13-15-35-16-14-32/h3-8,17,19-20,22H,9-16,18H2,1-2H3,(H,31,34). The van der Waals surface area contributed by atoms with Gasteiger partial charge < -0.3 is 19.7 Å². The quantitative estimate of drug-likeness (QED) is 0.543. The number of nitrogens with one attached hydrogen (secondary N) is 1. The number of hydrogen-bond acceptors (Lipinski definition) is 6. The van der Waals surface area contributed by atoms with Gasteiger partial charge in [-0.1, -0.05) is 6.07 Å². The van der Waals surface area contributed by atoms with E-state index in [0.29, 0.717) is 19.0 Å². The van der Waals surface area contributed by atoms with E-state index in [1.807, 2.05) is 43.0 Å². The number of carbonyl (C=O) groups is 1. The Morgan fingerprint density at radius 1 is 1.06 bits per heavy atom. The van der Waals surface area contributed by atoms with Gasteiger partial charge in [-0.05, 0) is 68.7 Å². The van der Waals surface area contributed by atoms with Crippen molar-refractivity contribution in [1.82, 2.24) is 19.8 Å². The molecule has 3 heterocycles. The highest BCUT2D eigenvalue weighted by Gasteiger charge is 2.26. The number of carbonyl (C=O) groups excluding carboxylic acids is 1. The molecule has 0 aliphatic carbocycles. The molecule has 2 aliphatic rings.